The van der Waals surface area contributed by atoms with Crippen molar-refractivity contribution >= 4 is 17.6 Å². The van der Waals surface area contributed by atoms with Crippen molar-refractivity contribution in [2.45, 2.75) is 38.6 Å². The van der Waals surface area contributed by atoms with Gasteiger partial charge in [0.2, 0.25) is 0 Å². The quantitative estimate of drug-likeness (QED) is 0.609. The second-order valence-corrected chi connectivity index (χ2v) is 4.65. The zero-order valence-corrected chi connectivity index (χ0v) is 11.5. The van der Waals surface area contributed by atoms with Crippen molar-refractivity contribution in [2.75, 3.05) is 6.61 Å². The van der Waals surface area contributed by atoms with Gasteiger partial charge in [-0.15, -0.1) is 0 Å². The monoisotopic (exact) mass is 269 g/mol. The number of rotatable bonds is 7. The highest BCUT2D eigenvalue weighted by Gasteiger charge is 2.07. The summed E-state index contributed by atoms with van der Waals surface area (Å²) >= 11 is 5.82. The van der Waals surface area contributed by atoms with Crippen LogP contribution in [-0.4, -0.2) is 12.6 Å². The minimum Gasteiger partial charge on any atom is -0.466 e. The van der Waals surface area contributed by atoms with Crippen molar-refractivity contribution in [3.05, 3.63) is 34.9 Å². The van der Waals surface area contributed by atoms with E-state index in [0.29, 0.717) is 18.1 Å². The van der Waals surface area contributed by atoms with Crippen molar-refractivity contribution in [1.82, 2.24) is 0 Å². The van der Waals surface area contributed by atoms with Crippen LogP contribution in [0.2, 0.25) is 5.02 Å². The van der Waals surface area contributed by atoms with E-state index in [9.17, 15) is 4.79 Å². The number of hydrogen-bond acceptors (Lipinski definition) is 3. The maximum Gasteiger partial charge on any atom is 0.305 e. The Morgan fingerprint density at radius 2 is 2.00 bits per heavy atom. The number of nitrogens with two attached hydrogens (primary N) is 1. The van der Waals surface area contributed by atoms with Crippen molar-refractivity contribution in [3.8, 4) is 0 Å². The third kappa shape index (κ3) is 5.52. The molecule has 0 saturated heterocycles. The molecule has 0 spiro atoms. The van der Waals surface area contributed by atoms with Gasteiger partial charge in [-0.2, -0.15) is 0 Å². The molecular weight excluding hydrogens is 250 g/mol. The van der Waals surface area contributed by atoms with Crippen LogP contribution in [0.1, 0.15) is 44.2 Å². The number of ether oxygens (including phenoxy) is 1. The second-order valence-electron chi connectivity index (χ2n) is 4.21. The summed E-state index contributed by atoms with van der Waals surface area (Å²) in [7, 11) is 0. The number of carbonyl (C=O) groups is 1. The van der Waals surface area contributed by atoms with Crippen LogP contribution in [0.15, 0.2) is 24.3 Å². The van der Waals surface area contributed by atoms with Crippen LogP contribution < -0.4 is 5.73 Å². The molecule has 1 unspecified atom stereocenters. The summed E-state index contributed by atoms with van der Waals surface area (Å²) < 4.78 is 4.86. The molecule has 1 aromatic rings. The van der Waals surface area contributed by atoms with Crippen LogP contribution in [0.3, 0.4) is 0 Å². The Hall–Kier alpha value is -1.06. The highest BCUT2D eigenvalue weighted by molar-refractivity contribution is 6.30. The highest BCUT2D eigenvalue weighted by Crippen LogP contribution is 2.19. The smallest absolute Gasteiger partial charge is 0.305 e. The molecule has 1 rings (SSSR count). The fourth-order valence-electron chi connectivity index (χ4n) is 1.74. The Labute approximate surface area is 113 Å². The topological polar surface area (TPSA) is 52.3 Å². The van der Waals surface area contributed by atoms with Gasteiger partial charge in [-0.05, 0) is 37.5 Å². The van der Waals surface area contributed by atoms with Gasteiger partial charge in [-0.1, -0.05) is 30.2 Å². The lowest BCUT2D eigenvalue weighted by atomic mass is 10.0. The number of halogens is 1. The largest absolute Gasteiger partial charge is 0.466 e. The summed E-state index contributed by atoms with van der Waals surface area (Å²) in [5, 5.41) is 0.716. The molecule has 0 saturated carbocycles. The lowest BCUT2D eigenvalue weighted by Gasteiger charge is -2.11. The number of unbranched alkanes of at least 4 members (excludes halogenated alkanes) is 1. The van der Waals surface area contributed by atoms with Gasteiger partial charge in [0, 0.05) is 17.5 Å². The first-order valence-corrected chi connectivity index (χ1v) is 6.68. The van der Waals surface area contributed by atoms with E-state index in [2.05, 4.69) is 0 Å². The molecule has 0 amide bonds. The average Bonchev–Trinajstić information content (AvgIpc) is 2.35. The Morgan fingerprint density at radius 3 is 2.61 bits per heavy atom. The van der Waals surface area contributed by atoms with E-state index in [0.717, 1.165) is 24.8 Å². The zero-order valence-electron chi connectivity index (χ0n) is 10.7. The SMILES string of the molecule is CCOC(=O)CCCCC(N)c1ccc(Cl)cc1. The predicted octanol–water partition coefficient (Wildman–Crippen LogP) is 3.46. The molecule has 4 heteroatoms. The number of hydrogen-bond donors (Lipinski definition) is 1. The van der Waals surface area contributed by atoms with Crippen LogP contribution >= 0.6 is 11.6 Å². The lowest BCUT2D eigenvalue weighted by molar-refractivity contribution is -0.143. The number of benzene rings is 1. The van der Waals surface area contributed by atoms with Gasteiger partial charge in [0.15, 0.2) is 0 Å². The molecule has 100 valence electrons. The first-order chi connectivity index (χ1) is 8.63. The molecule has 0 fully saturated rings. The lowest BCUT2D eigenvalue weighted by Crippen LogP contribution is -2.10. The third-order valence-electron chi connectivity index (χ3n) is 2.75. The predicted molar refractivity (Wildman–Crippen MR) is 73.5 cm³/mol. The Balaban J connectivity index is 2.23. The Kier molecular flexibility index (Phi) is 6.76. The molecule has 0 aliphatic carbocycles. The fourth-order valence-corrected chi connectivity index (χ4v) is 1.87. The van der Waals surface area contributed by atoms with Gasteiger partial charge in [0.25, 0.3) is 0 Å². The van der Waals surface area contributed by atoms with Gasteiger partial charge in [0.1, 0.15) is 0 Å². The van der Waals surface area contributed by atoms with E-state index in [1.165, 1.54) is 0 Å². The highest BCUT2D eigenvalue weighted by atomic mass is 35.5. The van der Waals surface area contributed by atoms with Gasteiger partial charge in [-0.25, -0.2) is 0 Å². The number of esters is 1. The summed E-state index contributed by atoms with van der Waals surface area (Å²) in [6.45, 7) is 2.26. The Bertz CT molecular complexity index is 365. The molecule has 2 N–H and O–H groups in total. The van der Waals surface area contributed by atoms with Crippen molar-refractivity contribution in [2.24, 2.45) is 5.73 Å². The molecule has 0 bridgehead atoms. The van der Waals surface area contributed by atoms with Gasteiger partial charge >= 0.3 is 5.97 Å². The normalized spacial score (nSPS) is 12.2. The standard InChI is InChI=1S/C14H20ClNO2/c1-2-18-14(17)6-4-3-5-13(16)11-7-9-12(15)10-8-11/h7-10,13H,2-6,16H2,1H3. The molecular formula is C14H20ClNO2. The summed E-state index contributed by atoms with van der Waals surface area (Å²) in [5.74, 6) is -0.127. The second kappa shape index (κ2) is 8.11. The first kappa shape index (κ1) is 15.0. The van der Waals surface area contributed by atoms with Crippen molar-refractivity contribution < 1.29 is 9.53 Å². The molecule has 1 atom stereocenters. The molecule has 0 aromatic heterocycles. The van der Waals surface area contributed by atoms with Crippen LogP contribution in [0.4, 0.5) is 0 Å². The van der Waals surface area contributed by atoms with E-state index in [1.807, 2.05) is 31.2 Å². The molecule has 0 heterocycles. The van der Waals surface area contributed by atoms with Crippen LogP contribution in [0, 0.1) is 0 Å². The van der Waals surface area contributed by atoms with E-state index < -0.39 is 0 Å². The maximum absolute atomic E-state index is 11.1. The van der Waals surface area contributed by atoms with Gasteiger partial charge in [-0.3, -0.25) is 4.79 Å². The average molecular weight is 270 g/mol. The van der Waals surface area contributed by atoms with E-state index >= 15 is 0 Å². The summed E-state index contributed by atoms with van der Waals surface area (Å²) in [4.78, 5) is 11.1. The van der Waals surface area contributed by atoms with E-state index in [1.54, 1.807) is 0 Å². The Morgan fingerprint density at radius 1 is 1.33 bits per heavy atom. The summed E-state index contributed by atoms with van der Waals surface area (Å²) in [6, 6.07) is 7.57. The maximum atomic E-state index is 11.1. The van der Waals surface area contributed by atoms with Gasteiger partial charge in [0.05, 0.1) is 6.61 Å². The summed E-state index contributed by atoms with van der Waals surface area (Å²) in [6.07, 6.45) is 3.07. The van der Waals surface area contributed by atoms with E-state index in [4.69, 9.17) is 22.1 Å². The molecule has 0 aliphatic rings. The minimum absolute atomic E-state index is 0.00413. The molecule has 1 aromatic carbocycles. The van der Waals surface area contributed by atoms with Crippen LogP contribution in [-0.2, 0) is 9.53 Å². The molecule has 18 heavy (non-hydrogen) atoms. The van der Waals surface area contributed by atoms with Crippen LogP contribution in [0.5, 0.6) is 0 Å². The van der Waals surface area contributed by atoms with Crippen molar-refractivity contribution in [3.63, 3.8) is 0 Å². The van der Waals surface area contributed by atoms with Crippen LogP contribution in [0.25, 0.3) is 0 Å². The van der Waals surface area contributed by atoms with Gasteiger partial charge < -0.3 is 10.5 Å². The fraction of sp³-hybridized carbons (Fsp3) is 0.500. The molecule has 3 nitrogen and oxygen atoms in total. The third-order valence-corrected chi connectivity index (χ3v) is 3.00. The minimum atomic E-state index is -0.127. The zero-order chi connectivity index (χ0) is 13.4. The molecule has 0 radical (unpaired) electrons. The molecule has 0 aliphatic heterocycles. The number of carbonyl (C=O) groups excluding carboxylic acids is 1. The summed E-state index contributed by atoms with van der Waals surface area (Å²) in [5.41, 5.74) is 7.14. The first-order valence-electron chi connectivity index (χ1n) is 6.30. The van der Waals surface area contributed by atoms with Crippen molar-refractivity contribution in [1.29, 1.82) is 0 Å². The van der Waals surface area contributed by atoms with E-state index in [-0.39, 0.29) is 12.0 Å².